The third-order valence-electron chi connectivity index (χ3n) is 8.17. The van der Waals surface area contributed by atoms with Crippen molar-refractivity contribution in [2.75, 3.05) is 13.2 Å². The molecule has 0 bridgehead atoms. The Hall–Kier alpha value is -2.73. The van der Waals surface area contributed by atoms with Crippen molar-refractivity contribution in [2.24, 2.45) is 11.3 Å². The molecule has 1 N–H and O–H groups in total. The third kappa shape index (κ3) is 3.38. The van der Waals surface area contributed by atoms with Crippen LogP contribution in [-0.4, -0.2) is 28.9 Å². The summed E-state index contributed by atoms with van der Waals surface area (Å²) < 4.78 is 36.0. The fourth-order valence-corrected chi connectivity index (χ4v) is 6.66. The Morgan fingerprint density at radius 1 is 0.939 bits per heavy atom. The highest BCUT2D eigenvalue weighted by atomic mass is 19.1. The average Bonchev–Trinajstić information content (AvgIpc) is 3.07. The Kier molecular flexibility index (Phi) is 4.84. The Morgan fingerprint density at radius 2 is 1.61 bits per heavy atom. The third-order valence-corrected chi connectivity index (χ3v) is 8.17. The molecule has 0 radical (unpaired) electrons. The number of hydrogen-bond donors (Lipinski definition) is 1. The molecule has 1 aromatic heterocycles. The lowest BCUT2D eigenvalue weighted by molar-refractivity contribution is -0.155. The van der Waals surface area contributed by atoms with E-state index in [-0.39, 0.29) is 34.8 Å². The van der Waals surface area contributed by atoms with Gasteiger partial charge < -0.3 is 14.4 Å². The number of carboxylic acids is 1. The summed E-state index contributed by atoms with van der Waals surface area (Å²) in [6.45, 7) is 1.39. The Labute approximate surface area is 191 Å². The molecule has 0 atom stereocenters. The molecule has 1 aliphatic heterocycles. The van der Waals surface area contributed by atoms with Gasteiger partial charge in [-0.15, -0.1) is 0 Å². The maximum Gasteiger partial charge on any atom is 0.306 e. The lowest BCUT2D eigenvalue weighted by atomic mass is 9.47. The molecule has 6 heteroatoms. The van der Waals surface area contributed by atoms with Crippen LogP contribution >= 0.6 is 0 Å². The van der Waals surface area contributed by atoms with Gasteiger partial charge in [0.15, 0.2) is 0 Å². The first-order valence-electron chi connectivity index (χ1n) is 11.8. The topological polar surface area (TPSA) is 51.5 Å². The number of halogens is 2. The van der Waals surface area contributed by atoms with Crippen LogP contribution in [0.1, 0.15) is 61.6 Å². The van der Waals surface area contributed by atoms with Gasteiger partial charge in [0, 0.05) is 35.9 Å². The van der Waals surface area contributed by atoms with Crippen LogP contribution < -0.4 is 0 Å². The lowest BCUT2D eigenvalue weighted by Crippen LogP contribution is -2.49. The van der Waals surface area contributed by atoms with Crippen LogP contribution in [0.2, 0.25) is 0 Å². The molecular weight excluding hydrogens is 424 g/mol. The molecule has 4 nitrogen and oxygen atoms in total. The summed E-state index contributed by atoms with van der Waals surface area (Å²) in [5, 5.41) is 10.2. The second-order valence-electron chi connectivity index (χ2n) is 10.2. The number of aromatic nitrogens is 1. The van der Waals surface area contributed by atoms with E-state index in [0.717, 1.165) is 55.1 Å². The van der Waals surface area contributed by atoms with Gasteiger partial charge in [-0.2, -0.15) is 0 Å². The fraction of sp³-hybridized carbons (Fsp3) is 0.444. The van der Waals surface area contributed by atoms with Gasteiger partial charge in [0.1, 0.15) is 11.6 Å². The molecule has 172 valence electrons. The number of carboxylic acid groups (broad SMARTS) is 1. The van der Waals surface area contributed by atoms with Crippen molar-refractivity contribution in [3.63, 3.8) is 0 Å². The van der Waals surface area contributed by atoms with E-state index in [0.29, 0.717) is 13.2 Å². The van der Waals surface area contributed by atoms with Crippen LogP contribution in [0.5, 0.6) is 0 Å². The second-order valence-corrected chi connectivity index (χ2v) is 10.2. The summed E-state index contributed by atoms with van der Waals surface area (Å²) in [6, 6.07) is 11.5. The summed E-state index contributed by atoms with van der Waals surface area (Å²) in [7, 11) is 0. The van der Waals surface area contributed by atoms with Crippen molar-refractivity contribution in [2.45, 2.75) is 50.4 Å². The van der Waals surface area contributed by atoms with Crippen molar-refractivity contribution in [3.8, 4) is 5.69 Å². The van der Waals surface area contributed by atoms with Gasteiger partial charge in [-0.3, -0.25) is 4.79 Å². The zero-order valence-corrected chi connectivity index (χ0v) is 18.4. The maximum atomic E-state index is 14.5. The first-order chi connectivity index (χ1) is 15.9. The van der Waals surface area contributed by atoms with Crippen molar-refractivity contribution in [1.82, 2.24) is 4.57 Å². The Balaban J connectivity index is 1.48. The normalized spacial score (nSPS) is 27.5. The van der Waals surface area contributed by atoms with Crippen LogP contribution in [0, 0.1) is 23.0 Å². The standard InChI is InChI=1S/C27H27F2NO3/c28-19-1-4-21(5-2-19)30-23-6-3-20(29)11-22(23)24(25(30)16-7-9-33-10-8-16)17-12-27(13-17)14-18(15-27)26(31)32/h1-6,11,16-18H,7-10,12-15H2,(H,31,32). The van der Waals surface area contributed by atoms with Gasteiger partial charge in [0.25, 0.3) is 0 Å². The first kappa shape index (κ1) is 20.8. The number of hydrogen-bond acceptors (Lipinski definition) is 2. The van der Waals surface area contributed by atoms with Crippen molar-refractivity contribution in [1.29, 1.82) is 0 Å². The number of aliphatic carboxylic acids is 1. The SMILES string of the molecule is O=C(O)C1CC2(C1)CC(c1c(C3CCOCC3)n(-c3ccc(F)cc3)c3ccc(F)cc13)C2. The number of fused-ring (bicyclic) bond motifs is 1. The number of nitrogens with zero attached hydrogens (tertiary/aromatic N) is 1. The van der Waals surface area contributed by atoms with Crippen LogP contribution in [0.25, 0.3) is 16.6 Å². The Morgan fingerprint density at radius 3 is 2.27 bits per heavy atom. The van der Waals surface area contributed by atoms with E-state index in [2.05, 4.69) is 4.57 Å². The molecule has 1 saturated heterocycles. The van der Waals surface area contributed by atoms with Gasteiger partial charge in [-0.1, -0.05) is 0 Å². The molecule has 6 rings (SSSR count). The highest BCUT2D eigenvalue weighted by molar-refractivity contribution is 5.88. The smallest absolute Gasteiger partial charge is 0.306 e. The summed E-state index contributed by atoms with van der Waals surface area (Å²) in [4.78, 5) is 11.3. The van der Waals surface area contributed by atoms with Crippen LogP contribution in [0.15, 0.2) is 42.5 Å². The van der Waals surface area contributed by atoms with E-state index in [9.17, 15) is 18.7 Å². The van der Waals surface area contributed by atoms with Gasteiger partial charge in [0.05, 0.1) is 11.4 Å². The molecule has 2 aromatic carbocycles. The van der Waals surface area contributed by atoms with Crippen LogP contribution in [0.4, 0.5) is 8.78 Å². The van der Waals surface area contributed by atoms with Gasteiger partial charge in [-0.25, -0.2) is 8.78 Å². The molecule has 2 heterocycles. The highest BCUT2D eigenvalue weighted by Gasteiger charge is 2.56. The Bertz CT molecular complexity index is 1210. The molecule has 1 spiro atoms. The van der Waals surface area contributed by atoms with Crippen molar-refractivity contribution < 1.29 is 23.4 Å². The highest BCUT2D eigenvalue weighted by Crippen LogP contribution is 2.65. The minimum Gasteiger partial charge on any atom is -0.481 e. The predicted octanol–water partition coefficient (Wildman–Crippen LogP) is 6.16. The molecule has 0 amide bonds. The number of rotatable bonds is 4. The maximum absolute atomic E-state index is 14.5. The fourth-order valence-electron chi connectivity index (χ4n) is 6.66. The molecule has 33 heavy (non-hydrogen) atoms. The molecule has 2 saturated carbocycles. The second kappa shape index (κ2) is 7.66. The lowest BCUT2D eigenvalue weighted by Gasteiger charge is -2.57. The van der Waals surface area contributed by atoms with E-state index in [1.165, 1.54) is 29.5 Å². The molecule has 3 aromatic rings. The molecule has 2 aliphatic carbocycles. The summed E-state index contributed by atoms with van der Waals surface area (Å²) in [5.41, 5.74) is 4.34. The number of benzene rings is 2. The molecule has 3 aliphatic rings. The van der Waals surface area contributed by atoms with Crippen LogP contribution in [-0.2, 0) is 9.53 Å². The number of ether oxygens (including phenoxy) is 1. The summed E-state index contributed by atoms with van der Waals surface area (Å²) >= 11 is 0. The molecule has 3 fully saturated rings. The van der Waals surface area contributed by atoms with E-state index in [4.69, 9.17) is 4.74 Å². The van der Waals surface area contributed by atoms with E-state index >= 15 is 0 Å². The van der Waals surface area contributed by atoms with Gasteiger partial charge >= 0.3 is 5.97 Å². The van der Waals surface area contributed by atoms with Gasteiger partial charge in [-0.05, 0) is 97.9 Å². The van der Waals surface area contributed by atoms with E-state index in [1.807, 2.05) is 6.07 Å². The molecule has 0 unspecified atom stereocenters. The average molecular weight is 452 g/mol. The summed E-state index contributed by atoms with van der Waals surface area (Å²) in [6.07, 6.45) is 5.18. The monoisotopic (exact) mass is 451 g/mol. The van der Waals surface area contributed by atoms with Crippen molar-refractivity contribution in [3.05, 3.63) is 65.4 Å². The van der Waals surface area contributed by atoms with E-state index < -0.39 is 5.97 Å². The predicted molar refractivity (Wildman–Crippen MR) is 121 cm³/mol. The quantitative estimate of drug-likeness (QED) is 0.517. The first-order valence-corrected chi connectivity index (χ1v) is 11.8. The summed E-state index contributed by atoms with van der Waals surface area (Å²) in [5.74, 6) is -0.904. The van der Waals surface area contributed by atoms with E-state index in [1.54, 1.807) is 18.2 Å². The minimum absolute atomic E-state index is 0.123. The zero-order chi connectivity index (χ0) is 22.7. The molecular formula is C27H27F2NO3. The van der Waals surface area contributed by atoms with Crippen molar-refractivity contribution >= 4 is 16.9 Å². The number of carbonyl (C=O) groups is 1. The van der Waals surface area contributed by atoms with Gasteiger partial charge in [0.2, 0.25) is 0 Å². The minimum atomic E-state index is -0.693. The zero-order valence-electron chi connectivity index (χ0n) is 18.4. The van der Waals surface area contributed by atoms with Crippen LogP contribution in [0.3, 0.4) is 0 Å². The largest absolute Gasteiger partial charge is 0.481 e.